The molecule has 0 aliphatic carbocycles. The molecule has 0 amide bonds. The minimum atomic E-state index is -0.618. The molecule has 0 bridgehead atoms. The number of rotatable bonds is 8. The van der Waals surface area contributed by atoms with Crippen molar-refractivity contribution in [2.45, 2.75) is 32.2 Å². The van der Waals surface area contributed by atoms with Crippen LogP contribution in [-0.4, -0.2) is 54.9 Å². The molecule has 0 aromatic rings. The van der Waals surface area contributed by atoms with Gasteiger partial charge in [-0.2, -0.15) is 0 Å². The van der Waals surface area contributed by atoms with E-state index in [4.69, 9.17) is 25.4 Å². The van der Waals surface area contributed by atoms with Gasteiger partial charge in [-0.3, -0.25) is 0 Å². The summed E-state index contributed by atoms with van der Waals surface area (Å²) in [4.78, 5) is 0. The zero-order valence-electron chi connectivity index (χ0n) is 8.85. The van der Waals surface area contributed by atoms with Crippen molar-refractivity contribution in [2.75, 3.05) is 26.4 Å². The Morgan fingerprint density at radius 3 is 2.21 bits per heavy atom. The topological polar surface area (TPSA) is 84.9 Å². The first-order chi connectivity index (χ1) is 6.60. The molecule has 5 nitrogen and oxygen atoms in total. The van der Waals surface area contributed by atoms with Crippen LogP contribution in [0.2, 0.25) is 0 Å². The first-order valence-corrected chi connectivity index (χ1v) is 4.82. The summed E-state index contributed by atoms with van der Waals surface area (Å²) >= 11 is 0. The number of aliphatic hydroxyl groups is 2. The SMILES string of the molecule is CC(CO)OCC(C)OCC(O)CN. The Kier molecular flexibility index (Phi) is 8.02. The van der Waals surface area contributed by atoms with E-state index in [1.807, 2.05) is 6.92 Å². The lowest BCUT2D eigenvalue weighted by molar-refractivity contribution is -0.0631. The van der Waals surface area contributed by atoms with Crippen molar-refractivity contribution in [2.24, 2.45) is 5.73 Å². The molecule has 0 aromatic carbocycles. The number of aliphatic hydroxyl groups excluding tert-OH is 2. The van der Waals surface area contributed by atoms with E-state index in [9.17, 15) is 0 Å². The highest BCUT2D eigenvalue weighted by molar-refractivity contribution is 4.56. The summed E-state index contributed by atoms with van der Waals surface area (Å²) in [6.45, 7) is 4.43. The lowest BCUT2D eigenvalue weighted by Gasteiger charge is -2.17. The molecule has 0 aromatic heterocycles. The van der Waals surface area contributed by atoms with Crippen LogP contribution in [0.1, 0.15) is 13.8 Å². The predicted molar refractivity (Wildman–Crippen MR) is 53.0 cm³/mol. The van der Waals surface area contributed by atoms with Gasteiger partial charge in [0.1, 0.15) is 0 Å². The Morgan fingerprint density at radius 2 is 1.71 bits per heavy atom. The van der Waals surface area contributed by atoms with E-state index in [0.717, 1.165) is 0 Å². The zero-order chi connectivity index (χ0) is 11.0. The molecule has 86 valence electrons. The number of nitrogens with two attached hydrogens (primary N) is 1. The quantitative estimate of drug-likeness (QED) is 0.481. The van der Waals surface area contributed by atoms with Crippen molar-refractivity contribution < 1.29 is 19.7 Å². The van der Waals surface area contributed by atoms with Crippen LogP contribution in [0.3, 0.4) is 0 Å². The molecule has 0 saturated carbocycles. The minimum Gasteiger partial charge on any atom is -0.394 e. The molecule has 0 fully saturated rings. The fourth-order valence-electron chi connectivity index (χ4n) is 0.744. The van der Waals surface area contributed by atoms with Gasteiger partial charge >= 0.3 is 0 Å². The molecule has 4 N–H and O–H groups in total. The maximum Gasteiger partial charge on any atom is 0.0895 e. The molecular weight excluding hydrogens is 186 g/mol. The lowest BCUT2D eigenvalue weighted by Crippen LogP contribution is -2.29. The van der Waals surface area contributed by atoms with E-state index in [2.05, 4.69) is 0 Å². The van der Waals surface area contributed by atoms with Crippen molar-refractivity contribution >= 4 is 0 Å². The second kappa shape index (κ2) is 8.14. The van der Waals surface area contributed by atoms with Crippen molar-refractivity contribution in [3.8, 4) is 0 Å². The Labute approximate surface area is 84.8 Å². The minimum absolute atomic E-state index is 0.00184. The smallest absolute Gasteiger partial charge is 0.0895 e. The highest BCUT2D eigenvalue weighted by Crippen LogP contribution is 1.97. The molecule has 14 heavy (non-hydrogen) atoms. The average molecular weight is 207 g/mol. The van der Waals surface area contributed by atoms with Gasteiger partial charge in [-0.15, -0.1) is 0 Å². The predicted octanol–water partition coefficient (Wildman–Crippen LogP) is -0.891. The Morgan fingerprint density at radius 1 is 1.14 bits per heavy atom. The maximum atomic E-state index is 9.10. The first kappa shape index (κ1) is 13.8. The van der Waals surface area contributed by atoms with Gasteiger partial charge in [0, 0.05) is 6.54 Å². The highest BCUT2D eigenvalue weighted by atomic mass is 16.5. The van der Waals surface area contributed by atoms with Crippen LogP contribution in [0.25, 0.3) is 0 Å². The summed E-state index contributed by atoms with van der Waals surface area (Å²) in [7, 11) is 0. The third-order valence-corrected chi connectivity index (χ3v) is 1.72. The molecule has 0 aliphatic heterocycles. The van der Waals surface area contributed by atoms with Crippen molar-refractivity contribution in [1.29, 1.82) is 0 Å². The fraction of sp³-hybridized carbons (Fsp3) is 1.00. The molecule has 3 unspecified atom stereocenters. The number of hydrogen-bond donors (Lipinski definition) is 3. The second-order valence-electron chi connectivity index (χ2n) is 3.36. The normalized spacial score (nSPS) is 17.8. The summed E-state index contributed by atoms with van der Waals surface area (Å²) in [5.74, 6) is 0. The second-order valence-corrected chi connectivity index (χ2v) is 3.36. The highest BCUT2D eigenvalue weighted by Gasteiger charge is 2.08. The van der Waals surface area contributed by atoms with Gasteiger partial charge in [-0.25, -0.2) is 0 Å². The van der Waals surface area contributed by atoms with Gasteiger partial charge < -0.3 is 25.4 Å². The summed E-state index contributed by atoms with van der Waals surface area (Å²) in [6.07, 6.45) is -0.904. The van der Waals surface area contributed by atoms with Gasteiger partial charge in [0.25, 0.3) is 0 Å². The third kappa shape index (κ3) is 7.23. The largest absolute Gasteiger partial charge is 0.394 e. The van der Waals surface area contributed by atoms with Crippen LogP contribution < -0.4 is 5.73 Å². The maximum absolute atomic E-state index is 9.10. The van der Waals surface area contributed by atoms with Gasteiger partial charge in [-0.05, 0) is 13.8 Å². The van der Waals surface area contributed by atoms with Gasteiger partial charge in [-0.1, -0.05) is 0 Å². The molecule has 0 spiro atoms. The van der Waals surface area contributed by atoms with Crippen molar-refractivity contribution in [1.82, 2.24) is 0 Å². The summed E-state index contributed by atoms with van der Waals surface area (Å²) in [6, 6.07) is 0. The van der Waals surface area contributed by atoms with Crippen LogP contribution in [0.4, 0.5) is 0 Å². The third-order valence-electron chi connectivity index (χ3n) is 1.72. The molecule has 0 rings (SSSR count). The van der Waals surface area contributed by atoms with Crippen LogP contribution in [0.15, 0.2) is 0 Å². The molecule has 5 heteroatoms. The average Bonchev–Trinajstić information content (AvgIpc) is 2.22. The Balaban J connectivity index is 3.40. The van der Waals surface area contributed by atoms with Crippen LogP contribution >= 0.6 is 0 Å². The standard InChI is InChI=1S/C9H21NO4/c1-7(4-11)13-5-8(2)14-6-9(12)3-10/h7-9,11-12H,3-6,10H2,1-2H3. The van der Waals surface area contributed by atoms with Crippen LogP contribution in [0, 0.1) is 0 Å². The van der Waals surface area contributed by atoms with E-state index >= 15 is 0 Å². The number of hydrogen-bond acceptors (Lipinski definition) is 5. The molecule has 0 saturated heterocycles. The Hall–Kier alpha value is -0.200. The van der Waals surface area contributed by atoms with Gasteiger partial charge in [0.15, 0.2) is 0 Å². The molecule has 0 aliphatic rings. The van der Waals surface area contributed by atoms with Crippen LogP contribution in [0.5, 0.6) is 0 Å². The molecule has 0 radical (unpaired) electrons. The van der Waals surface area contributed by atoms with E-state index < -0.39 is 6.10 Å². The van der Waals surface area contributed by atoms with E-state index in [-0.39, 0.29) is 32.0 Å². The molecule has 0 heterocycles. The first-order valence-electron chi connectivity index (χ1n) is 4.82. The summed E-state index contributed by atoms with van der Waals surface area (Å²) in [5, 5.41) is 17.8. The summed E-state index contributed by atoms with van der Waals surface area (Å²) in [5.41, 5.74) is 5.21. The Bertz CT molecular complexity index is 120. The number of ether oxygens (including phenoxy) is 2. The fourth-order valence-corrected chi connectivity index (χ4v) is 0.744. The van der Waals surface area contributed by atoms with Crippen molar-refractivity contribution in [3.63, 3.8) is 0 Å². The summed E-state index contributed by atoms with van der Waals surface area (Å²) < 4.78 is 10.5. The van der Waals surface area contributed by atoms with E-state index in [1.54, 1.807) is 6.92 Å². The van der Waals surface area contributed by atoms with Crippen molar-refractivity contribution in [3.05, 3.63) is 0 Å². The van der Waals surface area contributed by atoms with E-state index in [1.165, 1.54) is 0 Å². The molecule has 3 atom stereocenters. The van der Waals surface area contributed by atoms with Crippen LogP contribution in [-0.2, 0) is 9.47 Å². The zero-order valence-corrected chi connectivity index (χ0v) is 8.85. The molecular formula is C9H21NO4. The lowest BCUT2D eigenvalue weighted by atomic mass is 10.3. The van der Waals surface area contributed by atoms with E-state index in [0.29, 0.717) is 6.61 Å². The monoisotopic (exact) mass is 207 g/mol. The van der Waals surface area contributed by atoms with Gasteiger partial charge in [0.2, 0.25) is 0 Å². The van der Waals surface area contributed by atoms with Gasteiger partial charge in [0.05, 0.1) is 38.1 Å².